The monoisotopic (exact) mass is 465 g/mol. The molecule has 2 atom stereocenters. The van der Waals surface area contributed by atoms with Gasteiger partial charge in [0.1, 0.15) is 11.3 Å². The number of benzene rings is 2. The van der Waals surface area contributed by atoms with Crippen molar-refractivity contribution < 1.29 is 24.0 Å². The van der Waals surface area contributed by atoms with Crippen molar-refractivity contribution in [3.05, 3.63) is 87.1 Å². The Morgan fingerprint density at radius 3 is 2.38 bits per heavy atom. The quantitative estimate of drug-likeness (QED) is 0.357. The third kappa shape index (κ3) is 4.54. The van der Waals surface area contributed by atoms with Crippen molar-refractivity contribution in [3.8, 4) is 0 Å². The molecular formula is C25H27N3O6. The summed E-state index contributed by atoms with van der Waals surface area (Å²) in [4.78, 5) is 42.2. The number of non-ortho nitro benzene ring substituents is 1. The maximum atomic E-state index is 13.7. The van der Waals surface area contributed by atoms with Crippen molar-refractivity contribution in [1.82, 2.24) is 0 Å². The SMILES string of the molecule is CCOC(=O)C1=C(C)N=C(N)C(Cc2ccccc2)(C(=O)OCC)C1c1cccc([N+](=O)[O-])c1. The molecule has 2 unspecified atom stereocenters. The Labute approximate surface area is 197 Å². The highest BCUT2D eigenvalue weighted by Gasteiger charge is 2.56. The van der Waals surface area contributed by atoms with Crippen LogP contribution in [0.25, 0.3) is 0 Å². The van der Waals surface area contributed by atoms with E-state index in [-0.39, 0.29) is 42.4 Å². The van der Waals surface area contributed by atoms with E-state index in [4.69, 9.17) is 15.2 Å². The number of carbonyl (C=O) groups excluding carboxylic acids is 2. The predicted octanol–water partition coefficient (Wildman–Crippen LogP) is 3.68. The lowest BCUT2D eigenvalue weighted by Gasteiger charge is -2.41. The number of nitro benzene ring substituents is 1. The molecule has 0 aromatic heterocycles. The summed E-state index contributed by atoms with van der Waals surface area (Å²) in [5.41, 5.74) is 6.17. The summed E-state index contributed by atoms with van der Waals surface area (Å²) >= 11 is 0. The zero-order valence-corrected chi connectivity index (χ0v) is 19.3. The lowest BCUT2D eigenvalue weighted by Crippen LogP contribution is -2.54. The van der Waals surface area contributed by atoms with Crippen molar-refractivity contribution >= 4 is 23.5 Å². The Morgan fingerprint density at radius 1 is 1.09 bits per heavy atom. The molecule has 0 saturated heterocycles. The Kier molecular flexibility index (Phi) is 7.45. The summed E-state index contributed by atoms with van der Waals surface area (Å²) in [6.45, 7) is 5.10. The molecule has 9 nitrogen and oxygen atoms in total. The van der Waals surface area contributed by atoms with Gasteiger partial charge in [-0.3, -0.25) is 14.9 Å². The van der Waals surface area contributed by atoms with E-state index in [1.807, 2.05) is 30.3 Å². The van der Waals surface area contributed by atoms with Gasteiger partial charge in [-0.2, -0.15) is 0 Å². The van der Waals surface area contributed by atoms with Gasteiger partial charge in [0.15, 0.2) is 0 Å². The second-order valence-electron chi connectivity index (χ2n) is 7.86. The van der Waals surface area contributed by atoms with E-state index in [1.54, 1.807) is 26.8 Å². The summed E-state index contributed by atoms with van der Waals surface area (Å²) in [6.07, 6.45) is 0.0611. The van der Waals surface area contributed by atoms with E-state index in [0.717, 1.165) is 5.56 Å². The molecule has 0 spiro atoms. The molecule has 9 heteroatoms. The van der Waals surface area contributed by atoms with E-state index < -0.39 is 28.2 Å². The molecule has 2 aromatic rings. The molecule has 1 aliphatic rings. The highest BCUT2D eigenvalue weighted by Crippen LogP contribution is 2.49. The van der Waals surface area contributed by atoms with E-state index in [9.17, 15) is 19.7 Å². The number of allylic oxidation sites excluding steroid dienone is 1. The zero-order valence-electron chi connectivity index (χ0n) is 19.3. The van der Waals surface area contributed by atoms with Gasteiger partial charge in [0, 0.05) is 18.1 Å². The Balaban J connectivity index is 2.36. The van der Waals surface area contributed by atoms with Gasteiger partial charge in [0.2, 0.25) is 0 Å². The minimum absolute atomic E-state index is 0.0307. The number of hydrogen-bond acceptors (Lipinski definition) is 8. The van der Waals surface area contributed by atoms with Crippen LogP contribution in [0.15, 0.2) is 70.9 Å². The standard InChI is InChI=1S/C25H27N3O6/c1-4-33-22(29)20-16(3)27-23(26)25(24(30)34-5-2,15-17-10-7-6-8-11-17)21(20)18-12-9-13-19(14-18)28(31)32/h6-14,21H,4-5,15H2,1-3H3,(H2,26,27). The van der Waals surface area contributed by atoms with Crippen LogP contribution in [0.5, 0.6) is 0 Å². The van der Waals surface area contributed by atoms with Crippen LogP contribution < -0.4 is 5.73 Å². The topological polar surface area (TPSA) is 134 Å². The predicted molar refractivity (Wildman–Crippen MR) is 126 cm³/mol. The molecule has 0 fully saturated rings. The second kappa shape index (κ2) is 10.3. The average molecular weight is 466 g/mol. The van der Waals surface area contributed by atoms with Gasteiger partial charge in [0.05, 0.1) is 29.4 Å². The number of nitrogens with zero attached hydrogens (tertiary/aromatic N) is 2. The number of nitro groups is 1. The van der Waals surface area contributed by atoms with Gasteiger partial charge in [0.25, 0.3) is 5.69 Å². The molecule has 0 aliphatic carbocycles. The molecule has 0 saturated carbocycles. The third-order valence-electron chi connectivity index (χ3n) is 5.79. The lowest BCUT2D eigenvalue weighted by atomic mass is 9.63. The lowest BCUT2D eigenvalue weighted by molar-refractivity contribution is -0.384. The van der Waals surface area contributed by atoms with Crippen molar-refractivity contribution in [2.45, 2.75) is 33.1 Å². The summed E-state index contributed by atoms with van der Waals surface area (Å²) < 4.78 is 10.8. The first-order chi connectivity index (χ1) is 16.3. The van der Waals surface area contributed by atoms with Crippen LogP contribution in [0.3, 0.4) is 0 Å². The number of hydrogen-bond donors (Lipinski definition) is 1. The van der Waals surface area contributed by atoms with Crippen molar-refractivity contribution in [2.75, 3.05) is 13.2 Å². The maximum absolute atomic E-state index is 13.7. The number of amidine groups is 1. The van der Waals surface area contributed by atoms with E-state index in [0.29, 0.717) is 5.56 Å². The summed E-state index contributed by atoms with van der Waals surface area (Å²) in [5, 5.41) is 11.5. The van der Waals surface area contributed by atoms with Crippen LogP contribution in [0.4, 0.5) is 5.69 Å². The third-order valence-corrected chi connectivity index (χ3v) is 5.79. The van der Waals surface area contributed by atoms with Gasteiger partial charge in [-0.25, -0.2) is 9.79 Å². The van der Waals surface area contributed by atoms with Gasteiger partial charge in [-0.05, 0) is 38.3 Å². The van der Waals surface area contributed by atoms with Crippen molar-refractivity contribution in [1.29, 1.82) is 0 Å². The Hall–Kier alpha value is -4.01. The first-order valence-electron chi connectivity index (χ1n) is 10.9. The fraction of sp³-hybridized carbons (Fsp3) is 0.320. The molecule has 3 rings (SSSR count). The highest BCUT2D eigenvalue weighted by molar-refractivity contribution is 6.10. The second-order valence-corrected chi connectivity index (χ2v) is 7.86. The number of esters is 2. The number of aliphatic imine (C=N–C) groups is 1. The van der Waals surface area contributed by atoms with E-state index >= 15 is 0 Å². The van der Waals surface area contributed by atoms with Gasteiger partial charge in [-0.15, -0.1) is 0 Å². The first-order valence-corrected chi connectivity index (χ1v) is 10.9. The molecule has 2 aromatic carbocycles. The zero-order chi connectivity index (χ0) is 24.9. The minimum atomic E-state index is -1.63. The fourth-order valence-corrected chi connectivity index (χ4v) is 4.35. The highest BCUT2D eigenvalue weighted by atomic mass is 16.6. The molecule has 178 valence electrons. The molecule has 2 N–H and O–H groups in total. The van der Waals surface area contributed by atoms with Crippen molar-refractivity contribution in [3.63, 3.8) is 0 Å². The molecule has 0 bridgehead atoms. The average Bonchev–Trinajstić information content (AvgIpc) is 2.81. The molecule has 1 heterocycles. The van der Waals surface area contributed by atoms with Gasteiger partial charge in [-0.1, -0.05) is 42.5 Å². The number of rotatable bonds is 8. The van der Waals surface area contributed by atoms with Crippen LogP contribution in [0.2, 0.25) is 0 Å². The van der Waals surface area contributed by atoms with Crippen LogP contribution in [-0.2, 0) is 25.5 Å². The number of nitrogens with two attached hydrogens (primary N) is 1. The summed E-state index contributed by atoms with van der Waals surface area (Å²) in [7, 11) is 0. The van der Waals surface area contributed by atoms with Crippen LogP contribution in [-0.4, -0.2) is 35.9 Å². The first kappa shape index (κ1) is 24.6. The van der Waals surface area contributed by atoms with Gasteiger partial charge >= 0.3 is 11.9 Å². The molecule has 1 aliphatic heterocycles. The molecular weight excluding hydrogens is 438 g/mol. The summed E-state index contributed by atoms with van der Waals surface area (Å²) in [5.74, 6) is -2.40. The van der Waals surface area contributed by atoms with Gasteiger partial charge < -0.3 is 15.2 Å². The number of ether oxygens (including phenoxy) is 2. The fourth-order valence-electron chi connectivity index (χ4n) is 4.35. The normalized spacial score (nSPS) is 19.9. The molecule has 34 heavy (non-hydrogen) atoms. The van der Waals surface area contributed by atoms with E-state index in [2.05, 4.69) is 4.99 Å². The Morgan fingerprint density at radius 2 is 1.76 bits per heavy atom. The van der Waals surface area contributed by atoms with E-state index in [1.165, 1.54) is 18.2 Å². The summed E-state index contributed by atoms with van der Waals surface area (Å²) in [6, 6.07) is 14.9. The number of carbonyl (C=O) groups is 2. The Bertz CT molecular complexity index is 1160. The van der Waals surface area contributed by atoms with Crippen molar-refractivity contribution in [2.24, 2.45) is 16.1 Å². The smallest absolute Gasteiger partial charge is 0.336 e. The van der Waals surface area contributed by atoms with Crippen LogP contribution in [0.1, 0.15) is 37.8 Å². The maximum Gasteiger partial charge on any atom is 0.336 e. The molecule has 0 amide bonds. The largest absolute Gasteiger partial charge is 0.465 e. The molecule has 0 radical (unpaired) electrons. The van der Waals surface area contributed by atoms with Crippen LogP contribution in [0, 0.1) is 15.5 Å². The minimum Gasteiger partial charge on any atom is -0.465 e. The van der Waals surface area contributed by atoms with Crippen LogP contribution >= 0.6 is 0 Å².